The molecule has 12 heavy (non-hydrogen) atoms. The maximum atomic E-state index is 4.22. The van der Waals surface area contributed by atoms with Crippen molar-refractivity contribution in [1.29, 1.82) is 0 Å². The van der Waals surface area contributed by atoms with Crippen LogP contribution in [0.4, 0.5) is 0 Å². The number of nitrogens with zero attached hydrogens (tertiary/aromatic N) is 2. The average molecular weight is 158 g/mol. The Bertz CT molecular complexity index is 380. The summed E-state index contributed by atoms with van der Waals surface area (Å²) in [4.78, 5) is 8.44. The number of aromatic nitrogens is 2. The first kappa shape index (κ1) is 7.22. The summed E-state index contributed by atoms with van der Waals surface area (Å²) in [7, 11) is 0. The molecule has 0 bridgehead atoms. The van der Waals surface area contributed by atoms with E-state index in [-0.39, 0.29) is 0 Å². The van der Waals surface area contributed by atoms with Crippen LogP contribution in [0.5, 0.6) is 0 Å². The van der Waals surface area contributed by atoms with E-state index in [9.17, 15) is 0 Å². The second-order valence-electron chi connectivity index (χ2n) is 2.89. The van der Waals surface area contributed by atoms with Crippen molar-refractivity contribution in [2.45, 2.75) is 13.8 Å². The molecule has 0 N–H and O–H groups in total. The van der Waals surface area contributed by atoms with Crippen molar-refractivity contribution in [2.24, 2.45) is 0 Å². The highest BCUT2D eigenvalue weighted by Gasteiger charge is 1.99. The van der Waals surface area contributed by atoms with E-state index in [4.69, 9.17) is 0 Å². The van der Waals surface area contributed by atoms with Crippen LogP contribution in [0, 0.1) is 13.8 Å². The van der Waals surface area contributed by atoms with Gasteiger partial charge in [0.15, 0.2) is 0 Å². The predicted octanol–water partition coefficient (Wildman–Crippen LogP) is 2.25. The molecule has 2 rings (SSSR count). The molecule has 0 unspecified atom stereocenters. The molecule has 0 aliphatic carbocycles. The minimum Gasteiger partial charge on any atom is -0.261 e. The second kappa shape index (κ2) is 2.55. The van der Waals surface area contributed by atoms with Gasteiger partial charge in [-0.15, -0.1) is 0 Å². The normalized spacial score (nSPS) is 10.5. The van der Waals surface area contributed by atoms with Gasteiger partial charge in [0.1, 0.15) is 0 Å². The number of fused-ring (bicyclic) bond motifs is 1. The maximum absolute atomic E-state index is 4.22. The van der Waals surface area contributed by atoms with E-state index in [0.29, 0.717) is 0 Å². The summed E-state index contributed by atoms with van der Waals surface area (Å²) in [6.07, 6.45) is 3.65. The molecule has 2 nitrogen and oxygen atoms in total. The molecule has 0 aromatic carbocycles. The fourth-order valence-electron chi connectivity index (χ4n) is 1.40. The number of hydrogen-bond donors (Lipinski definition) is 0. The molecule has 2 aromatic rings. The summed E-state index contributed by atoms with van der Waals surface area (Å²) in [5.41, 5.74) is 2.14. The van der Waals surface area contributed by atoms with Crippen LogP contribution in [-0.4, -0.2) is 9.97 Å². The molecule has 0 radical (unpaired) electrons. The molecular weight excluding hydrogens is 148 g/mol. The van der Waals surface area contributed by atoms with E-state index < -0.39 is 0 Å². The fourth-order valence-corrected chi connectivity index (χ4v) is 1.40. The number of pyridine rings is 2. The van der Waals surface area contributed by atoms with Gasteiger partial charge < -0.3 is 0 Å². The van der Waals surface area contributed by atoms with Gasteiger partial charge in [-0.1, -0.05) is 0 Å². The van der Waals surface area contributed by atoms with Crippen molar-refractivity contribution in [3.8, 4) is 0 Å². The van der Waals surface area contributed by atoms with Gasteiger partial charge in [-0.2, -0.15) is 0 Å². The van der Waals surface area contributed by atoms with E-state index in [2.05, 4.69) is 9.97 Å². The molecule has 60 valence electrons. The second-order valence-corrected chi connectivity index (χ2v) is 2.89. The maximum Gasteiger partial charge on any atom is 0.0452 e. The number of hydrogen-bond acceptors (Lipinski definition) is 2. The third kappa shape index (κ3) is 0.961. The summed E-state index contributed by atoms with van der Waals surface area (Å²) in [5.74, 6) is 0. The van der Waals surface area contributed by atoms with Crippen LogP contribution in [-0.2, 0) is 0 Å². The van der Waals surface area contributed by atoms with Crippen LogP contribution in [0.2, 0.25) is 0 Å². The molecule has 0 atom stereocenters. The van der Waals surface area contributed by atoms with Gasteiger partial charge in [0, 0.05) is 34.6 Å². The first-order chi connectivity index (χ1) is 5.79. The van der Waals surface area contributed by atoms with E-state index in [1.807, 2.05) is 38.4 Å². The smallest absolute Gasteiger partial charge is 0.0452 e. The third-order valence-electron chi connectivity index (χ3n) is 2.09. The summed E-state index contributed by atoms with van der Waals surface area (Å²) in [5, 5.41) is 2.40. The van der Waals surface area contributed by atoms with Gasteiger partial charge in [0.05, 0.1) is 0 Å². The summed E-state index contributed by atoms with van der Waals surface area (Å²) >= 11 is 0. The number of rotatable bonds is 0. The van der Waals surface area contributed by atoms with Crippen molar-refractivity contribution in [3.05, 3.63) is 35.9 Å². The lowest BCUT2D eigenvalue weighted by atomic mass is 10.1. The van der Waals surface area contributed by atoms with Gasteiger partial charge in [-0.25, -0.2) is 0 Å². The highest BCUT2D eigenvalue weighted by Crippen LogP contribution is 2.17. The highest BCUT2D eigenvalue weighted by atomic mass is 14.7. The SMILES string of the molecule is Cc1nccc2c(C)nccc12. The zero-order valence-electron chi connectivity index (χ0n) is 7.20. The Labute approximate surface area is 71.3 Å². The topological polar surface area (TPSA) is 25.8 Å². The standard InChI is InChI=1S/C10H10N2/c1-7-9-3-6-12-8(2)10(9)4-5-11-7/h3-6H,1-2H3. The third-order valence-corrected chi connectivity index (χ3v) is 2.09. The molecule has 0 saturated carbocycles. The van der Waals surface area contributed by atoms with Crippen molar-refractivity contribution in [1.82, 2.24) is 9.97 Å². The van der Waals surface area contributed by atoms with Crippen LogP contribution in [0.1, 0.15) is 11.4 Å². The molecule has 0 spiro atoms. The molecule has 2 aromatic heterocycles. The Morgan fingerprint density at radius 1 is 0.833 bits per heavy atom. The van der Waals surface area contributed by atoms with Crippen LogP contribution in [0.3, 0.4) is 0 Å². The van der Waals surface area contributed by atoms with E-state index >= 15 is 0 Å². The number of aryl methyl sites for hydroxylation is 2. The molecule has 2 heterocycles. The van der Waals surface area contributed by atoms with Gasteiger partial charge in [-0.05, 0) is 26.0 Å². The molecule has 0 amide bonds. The quantitative estimate of drug-likeness (QED) is 0.587. The van der Waals surface area contributed by atoms with Crippen molar-refractivity contribution < 1.29 is 0 Å². The van der Waals surface area contributed by atoms with Crippen molar-refractivity contribution in [2.75, 3.05) is 0 Å². The largest absolute Gasteiger partial charge is 0.261 e. The minimum absolute atomic E-state index is 1.07. The molecular formula is C10H10N2. The van der Waals surface area contributed by atoms with E-state index in [1.54, 1.807) is 0 Å². The van der Waals surface area contributed by atoms with Gasteiger partial charge in [0.2, 0.25) is 0 Å². The molecule has 0 saturated heterocycles. The predicted molar refractivity (Wildman–Crippen MR) is 49.0 cm³/mol. The Morgan fingerprint density at radius 2 is 1.25 bits per heavy atom. The van der Waals surface area contributed by atoms with E-state index in [0.717, 1.165) is 11.4 Å². The first-order valence-corrected chi connectivity index (χ1v) is 3.96. The summed E-state index contributed by atoms with van der Waals surface area (Å²) in [6.45, 7) is 4.03. The zero-order chi connectivity index (χ0) is 8.55. The summed E-state index contributed by atoms with van der Waals surface area (Å²) in [6, 6.07) is 4.01. The Hall–Kier alpha value is -1.44. The lowest BCUT2D eigenvalue weighted by molar-refractivity contribution is 1.19. The minimum atomic E-state index is 1.07. The Balaban J connectivity index is 2.94. The van der Waals surface area contributed by atoms with Crippen LogP contribution in [0.15, 0.2) is 24.5 Å². The van der Waals surface area contributed by atoms with Crippen molar-refractivity contribution >= 4 is 10.8 Å². The molecule has 0 aliphatic heterocycles. The van der Waals surface area contributed by atoms with Crippen LogP contribution >= 0.6 is 0 Å². The highest BCUT2D eigenvalue weighted by molar-refractivity contribution is 5.85. The van der Waals surface area contributed by atoms with E-state index in [1.165, 1.54) is 10.8 Å². The van der Waals surface area contributed by atoms with Gasteiger partial charge in [-0.3, -0.25) is 9.97 Å². The van der Waals surface area contributed by atoms with Crippen LogP contribution < -0.4 is 0 Å². The molecule has 2 heteroatoms. The molecule has 0 aliphatic rings. The van der Waals surface area contributed by atoms with Gasteiger partial charge >= 0.3 is 0 Å². The van der Waals surface area contributed by atoms with Crippen LogP contribution in [0.25, 0.3) is 10.8 Å². The fraction of sp³-hybridized carbons (Fsp3) is 0.200. The summed E-state index contributed by atoms with van der Waals surface area (Å²) < 4.78 is 0. The lowest BCUT2D eigenvalue weighted by Gasteiger charge is -2.01. The monoisotopic (exact) mass is 158 g/mol. The zero-order valence-corrected chi connectivity index (χ0v) is 7.20. The van der Waals surface area contributed by atoms with Gasteiger partial charge in [0.25, 0.3) is 0 Å². The van der Waals surface area contributed by atoms with Crippen molar-refractivity contribution in [3.63, 3.8) is 0 Å². The Kier molecular flexibility index (Phi) is 1.54. The first-order valence-electron chi connectivity index (χ1n) is 3.96. The average Bonchev–Trinajstić information content (AvgIpc) is 2.07. The lowest BCUT2D eigenvalue weighted by Crippen LogP contribution is -1.87. The molecule has 0 fully saturated rings. The Morgan fingerprint density at radius 3 is 1.67 bits per heavy atom.